The van der Waals surface area contributed by atoms with Gasteiger partial charge in [-0.05, 0) is 13.3 Å². The van der Waals surface area contributed by atoms with E-state index in [0.29, 0.717) is 0 Å². The summed E-state index contributed by atoms with van der Waals surface area (Å²) in [6, 6.07) is -0.0111. The minimum atomic E-state index is -4.10. The number of unbranched alkanes of at least 4 members (excludes halogenated alkanes) is 8. The maximum Gasteiger partial charge on any atom is 0.266 e. The van der Waals surface area contributed by atoms with Crippen molar-refractivity contribution in [3.8, 4) is 0 Å². The third-order valence-corrected chi connectivity index (χ3v) is 6.02. The van der Waals surface area contributed by atoms with E-state index in [-0.39, 0.29) is 19.1 Å². The zero-order chi connectivity index (χ0) is 20.1. The van der Waals surface area contributed by atoms with Crippen LogP contribution < -0.4 is 0 Å². The van der Waals surface area contributed by atoms with Crippen LogP contribution in [0.15, 0.2) is 0 Å². The molecule has 0 fully saturated rings. The molecule has 0 aliphatic rings. The first kappa shape index (κ1) is 25.8. The summed E-state index contributed by atoms with van der Waals surface area (Å²) in [4.78, 5) is 1.70. The summed E-state index contributed by atoms with van der Waals surface area (Å²) >= 11 is 0. The predicted octanol–water partition coefficient (Wildman–Crippen LogP) is 3.37. The van der Waals surface area contributed by atoms with Gasteiger partial charge in [-0.15, -0.1) is 0 Å². The fourth-order valence-corrected chi connectivity index (χ4v) is 3.88. The third kappa shape index (κ3) is 17.2. The van der Waals surface area contributed by atoms with Crippen molar-refractivity contribution in [3.63, 3.8) is 0 Å². The van der Waals surface area contributed by atoms with E-state index in [1.54, 1.807) is 4.90 Å². The molecular weight excluding hydrogens is 378 g/mol. The van der Waals surface area contributed by atoms with Crippen LogP contribution in [0.5, 0.6) is 0 Å². The first-order chi connectivity index (χ1) is 12.0. The Labute approximate surface area is 160 Å². The van der Waals surface area contributed by atoms with E-state index in [9.17, 15) is 16.8 Å². The van der Waals surface area contributed by atoms with E-state index >= 15 is 0 Å². The van der Waals surface area contributed by atoms with Crippen LogP contribution in [0.25, 0.3) is 0 Å². The highest BCUT2D eigenvalue weighted by Crippen LogP contribution is 2.14. The van der Waals surface area contributed by atoms with E-state index in [0.717, 1.165) is 19.3 Å². The monoisotopic (exact) mass is 415 g/mol. The van der Waals surface area contributed by atoms with Gasteiger partial charge in [0.1, 0.15) is 0 Å². The Hall–Kier alpha value is -0.220. The molecule has 1 atom stereocenters. The molecule has 1 unspecified atom stereocenters. The SMILES string of the molecule is CCCCCCCCCCCC(C)N(CCS(=O)(=O)O)CCS(=O)(=O)O. The molecule has 26 heavy (non-hydrogen) atoms. The van der Waals surface area contributed by atoms with E-state index in [2.05, 4.69) is 6.92 Å². The molecule has 0 aliphatic heterocycles. The van der Waals surface area contributed by atoms with Crippen LogP contribution in [0.4, 0.5) is 0 Å². The Morgan fingerprint density at radius 1 is 0.731 bits per heavy atom. The lowest BCUT2D eigenvalue weighted by Crippen LogP contribution is -2.39. The second-order valence-corrected chi connectivity index (χ2v) is 10.2. The van der Waals surface area contributed by atoms with Gasteiger partial charge in [-0.25, -0.2) is 0 Å². The number of rotatable bonds is 17. The van der Waals surface area contributed by atoms with Crippen molar-refractivity contribution in [2.24, 2.45) is 0 Å². The van der Waals surface area contributed by atoms with E-state index in [1.807, 2.05) is 6.92 Å². The molecule has 0 radical (unpaired) electrons. The average Bonchev–Trinajstić information content (AvgIpc) is 2.51. The van der Waals surface area contributed by atoms with Crippen LogP contribution in [-0.2, 0) is 20.2 Å². The molecule has 0 amide bonds. The molecule has 2 N–H and O–H groups in total. The molecule has 0 aromatic carbocycles. The quantitative estimate of drug-likeness (QED) is 0.277. The molecule has 7 nitrogen and oxygen atoms in total. The van der Waals surface area contributed by atoms with Crippen molar-refractivity contribution < 1.29 is 25.9 Å². The van der Waals surface area contributed by atoms with Gasteiger partial charge >= 0.3 is 0 Å². The number of nitrogens with zero attached hydrogens (tertiary/aromatic N) is 1. The molecule has 158 valence electrons. The van der Waals surface area contributed by atoms with Crippen LogP contribution in [0, 0.1) is 0 Å². The lowest BCUT2D eigenvalue weighted by atomic mass is 10.0. The lowest BCUT2D eigenvalue weighted by Gasteiger charge is -2.28. The second kappa shape index (κ2) is 13.9. The minimum absolute atomic E-state index is 0.0111. The maximum atomic E-state index is 10.9. The highest BCUT2D eigenvalue weighted by atomic mass is 32.2. The number of hydrogen-bond donors (Lipinski definition) is 2. The Morgan fingerprint density at radius 3 is 1.50 bits per heavy atom. The third-order valence-electron chi connectivity index (χ3n) is 4.62. The fourth-order valence-electron chi connectivity index (χ4n) is 2.95. The van der Waals surface area contributed by atoms with Crippen molar-refractivity contribution in [3.05, 3.63) is 0 Å². The maximum absolute atomic E-state index is 10.9. The van der Waals surface area contributed by atoms with Gasteiger partial charge in [0, 0.05) is 19.1 Å². The summed E-state index contributed by atoms with van der Waals surface area (Å²) < 4.78 is 61.6. The average molecular weight is 416 g/mol. The summed E-state index contributed by atoms with van der Waals surface area (Å²) in [5.74, 6) is -0.888. The van der Waals surface area contributed by atoms with Gasteiger partial charge in [0.25, 0.3) is 20.2 Å². The Morgan fingerprint density at radius 2 is 1.12 bits per heavy atom. The molecule has 0 aromatic heterocycles. The van der Waals surface area contributed by atoms with Gasteiger partial charge in [0.2, 0.25) is 0 Å². The summed E-state index contributed by atoms with van der Waals surface area (Å²) in [7, 11) is -8.20. The number of hydrogen-bond acceptors (Lipinski definition) is 5. The van der Waals surface area contributed by atoms with Crippen molar-refractivity contribution in [1.29, 1.82) is 0 Å². The normalized spacial score (nSPS) is 14.0. The summed E-state index contributed by atoms with van der Waals surface area (Å²) in [6.45, 7) is 4.22. The first-order valence-electron chi connectivity index (χ1n) is 9.69. The Bertz CT molecular complexity index is 512. The minimum Gasteiger partial charge on any atom is -0.298 e. The van der Waals surface area contributed by atoms with Gasteiger partial charge in [0.05, 0.1) is 11.5 Å². The molecule has 0 bridgehead atoms. The molecule has 0 spiro atoms. The standard InChI is InChI=1S/C17H37NO6S2/c1-3-4-5-6-7-8-9-10-11-12-17(2)18(13-15-25(19,20)21)14-16-26(22,23)24/h17H,3-16H2,1-2H3,(H,19,20,21)(H,22,23,24). The molecule has 0 aliphatic carbocycles. The van der Waals surface area contributed by atoms with Gasteiger partial charge < -0.3 is 0 Å². The zero-order valence-electron chi connectivity index (χ0n) is 16.3. The molecule has 0 aromatic rings. The van der Waals surface area contributed by atoms with Crippen molar-refractivity contribution in [2.75, 3.05) is 24.6 Å². The van der Waals surface area contributed by atoms with Gasteiger partial charge in [-0.3, -0.25) is 14.0 Å². The van der Waals surface area contributed by atoms with Gasteiger partial charge in [-0.2, -0.15) is 16.8 Å². The fraction of sp³-hybridized carbons (Fsp3) is 1.00. The topological polar surface area (TPSA) is 112 Å². The molecule has 9 heteroatoms. The molecule has 0 saturated heterocycles. The van der Waals surface area contributed by atoms with E-state index < -0.39 is 31.7 Å². The van der Waals surface area contributed by atoms with Crippen molar-refractivity contribution in [1.82, 2.24) is 4.90 Å². The summed E-state index contributed by atoms with van der Waals surface area (Å²) in [5.41, 5.74) is 0. The van der Waals surface area contributed by atoms with E-state index in [4.69, 9.17) is 9.11 Å². The summed E-state index contributed by atoms with van der Waals surface area (Å²) in [5, 5.41) is 0. The molecule has 0 rings (SSSR count). The molecular formula is C17H37NO6S2. The lowest BCUT2D eigenvalue weighted by molar-refractivity contribution is 0.216. The predicted molar refractivity (Wildman–Crippen MR) is 106 cm³/mol. The van der Waals surface area contributed by atoms with Crippen LogP contribution in [-0.4, -0.2) is 61.5 Å². The highest BCUT2D eigenvalue weighted by Gasteiger charge is 2.18. The van der Waals surface area contributed by atoms with Gasteiger partial charge in [0.15, 0.2) is 0 Å². The first-order valence-corrected chi connectivity index (χ1v) is 12.9. The zero-order valence-corrected chi connectivity index (χ0v) is 17.9. The van der Waals surface area contributed by atoms with Gasteiger partial charge in [-0.1, -0.05) is 64.7 Å². The second-order valence-electron chi connectivity index (χ2n) is 7.07. The highest BCUT2D eigenvalue weighted by molar-refractivity contribution is 7.86. The van der Waals surface area contributed by atoms with Crippen molar-refractivity contribution in [2.45, 2.75) is 84.1 Å². The molecule has 0 saturated carbocycles. The molecule has 0 heterocycles. The largest absolute Gasteiger partial charge is 0.298 e. The van der Waals surface area contributed by atoms with Crippen LogP contribution in [0.3, 0.4) is 0 Å². The Balaban J connectivity index is 4.13. The Kier molecular flexibility index (Phi) is 13.8. The van der Waals surface area contributed by atoms with Crippen LogP contribution in [0.1, 0.15) is 78.1 Å². The van der Waals surface area contributed by atoms with E-state index in [1.165, 1.54) is 44.9 Å². The van der Waals surface area contributed by atoms with Crippen molar-refractivity contribution >= 4 is 20.2 Å². The van der Waals surface area contributed by atoms with Crippen LogP contribution in [0.2, 0.25) is 0 Å². The summed E-state index contributed by atoms with van der Waals surface area (Å²) in [6.07, 6.45) is 11.8. The smallest absolute Gasteiger partial charge is 0.266 e. The van der Waals surface area contributed by atoms with Crippen LogP contribution >= 0.6 is 0 Å².